The van der Waals surface area contributed by atoms with E-state index in [0.717, 1.165) is 11.4 Å². The van der Waals surface area contributed by atoms with Crippen molar-refractivity contribution in [1.82, 2.24) is 4.98 Å². The molecule has 0 bridgehead atoms. The molecule has 4 N–H and O–H groups in total. The Kier molecular flexibility index (Phi) is 3.41. The van der Waals surface area contributed by atoms with Crippen LogP contribution in [0.1, 0.15) is 5.69 Å². The molecule has 76 valence electrons. The molecule has 1 atom stereocenters. The van der Waals surface area contributed by atoms with E-state index in [1.165, 1.54) is 0 Å². The van der Waals surface area contributed by atoms with Gasteiger partial charge in [0.2, 0.25) is 5.91 Å². The average molecular weight is 195 g/mol. The van der Waals surface area contributed by atoms with E-state index in [4.69, 9.17) is 10.8 Å². The number of carbonyl (C=O) groups is 1. The van der Waals surface area contributed by atoms with Gasteiger partial charge in [-0.3, -0.25) is 9.78 Å². The van der Waals surface area contributed by atoms with Gasteiger partial charge in [-0.1, -0.05) is 0 Å². The summed E-state index contributed by atoms with van der Waals surface area (Å²) in [6.45, 7) is 1.97. The van der Waals surface area contributed by atoms with E-state index in [-0.39, 0.29) is 6.54 Å². The molecule has 1 unspecified atom stereocenters. The Labute approximate surface area is 82.0 Å². The molecule has 0 aliphatic rings. The van der Waals surface area contributed by atoms with Crippen LogP contribution in [0.3, 0.4) is 0 Å². The molecule has 1 rings (SSSR count). The summed E-state index contributed by atoms with van der Waals surface area (Å²) in [7, 11) is 0. The van der Waals surface area contributed by atoms with E-state index in [2.05, 4.69) is 10.3 Å². The SMILES string of the molecule is Cc1cc(NCC(O)C(N)=O)ccn1. The lowest BCUT2D eigenvalue weighted by atomic mass is 10.3. The minimum Gasteiger partial charge on any atom is -0.382 e. The predicted molar refractivity (Wildman–Crippen MR) is 52.7 cm³/mol. The van der Waals surface area contributed by atoms with Gasteiger partial charge in [0, 0.05) is 24.1 Å². The van der Waals surface area contributed by atoms with Crippen LogP contribution < -0.4 is 11.1 Å². The molecule has 14 heavy (non-hydrogen) atoms. The fraction of sp³-hybridized carbons (Fsp3) is 0.333. The number of rotatable bonds is 4. The zero-order valence-corrected chi connectivity index (χ0v) is 7.90. The number of hydrogen-bond acceptors (Lipinski definition) is 4. The normalized spacial score (nSPS) is 12.1. The Morgan fingerprint density at radius 3 is 3.07 bits per heavy atom. The summed E-state index contributed by atoms with van der Waals surface area (Å²) in [6.07, 6.45) is 0.484. The van der Waals surface area contributed by atoms with Crippen LogP contribution in [0.2, 0.25) is 0 Å². The van der Waals surface area contributed by atoms with E-state index >= 15 is 0 Å². The molecular formula is C9H13N3O2. The summed E-state index contributed by atoms with van der Waals surface area (Å²) in [6, 6.07) is 3.56. The van der Waals surface area contributed by atoms with Crippen LogP contribution >= 0.6 is 0 Å². The molecule has 5 heteroatoms. The first kappa shape index (κ1) is 10.5. The number of nitrogens with zero attached hydrogens (tertiary/aromatic N) is 1. The van der Waals surface area contributed by atoms with Crippen molar-refractivity contribution in [3.05, 3.63) is 24.0 Å². The second-order valence-corrected chi connectivity index (χ2v) is 2.98. The number of aryl methyl sites for hydroxylation is 1. The number of nitrogens with one attached hydrogen (secondary N) is 1. The van der Waals surface area contributed by atoms with Gasteiger partial charge in [0.05, 0.1) is 0 Å². The topological polar surface area (TPSA) is 88.2 Å². The predicted octanol–water partition coefficient (Wildman–Crippen LogP) is -0.352. The first-order valence-corrected chi connectivity index (χ1v) is 4.23. The molecule has 1 heterocycles. The van der Waals surface area contributed by atoms with Crippen molar-refractivity contribution in [2.75, 3.05) is 11.9 Å². The number of carbonyl (C=O) groups excluding carboxylic acids is 1. The van der Waals surface area contributed by atoms with Crippen LogP contribution in [-0.4, -0.2) is 28.6 Å². The summed E-state index contributed by atoms with van der Waals surface area (Å²) in [5.41, 5.74) is 6.56. The summed E-state index contributed by atoms with van der Waals surface area (Å²) in [5.74, 6) is -0.733. The van der Waals surface area contributed by atoms with Crippen molar-refractivity contribution in [3.8, 4) is 0 Å². The van der Waals surface area contributed by atoms with Gasteiger partial charge in [-0.2, -0.15) is 0 Å². The number of anilines is 1. The molecule has 1 aromatic rings. The number of amides is 1. The Bertz CT molecular complexity index is 328. The van der Waals surface area contributed by atoms with Crippen LogP contribution in [0.25, 0.3) is 0 Å². The maximum atomic E-state index is 10.5. The van der Waals surface area contributed by atoms with Crippen LogP contribution in [0.15, 0.2) is 18.3 Å². The minimum atomic E-state index is -1.16. The lowest BCUT2D eigenvalue weighted by Gasteiger charge is -2.09. The second kappa shape index (κ2) is 4.57. The lowest BCUT2D eigenvalue weighted by Crippen LogP contribution is -2.34. The van der Waals surface area contributed by atoms with E-state index in [9.17, 15) is 4.79 Å². The number of hydrogen-bond donors (Lipinski definition) is 3. The molecule has 0 saturated carbocycles. The monoisotopic (exact) mass is 195 g/mol. The largest absolute Gasteiger partial charge is 0.382 e. The quantitative estimate of drug-likeness (QED) is 0.612. The van der Waals surface area contributed by atoms with Gasteiger partial charge >= 0.3 is 0 Å². The smallest absolute Gasteiger partial charge is 0.248 e. The van der Waals surface area contributed by atoms with Crippen LogP contribution in [0, 0.1) is 6.92 Å². The van der Waals surface area contributed by atoms with E-state index in [0.29, 0.717) is 0 Å². The first-order chi connectivity index (χ1) is 6.59. The number of aromatic nitrogens is 1. The lowest BCUT2D eigenvalue weighted by molar-refractivity contribution is -0.125. The highest BCUT2D eigenvalue weighted by Crippen LogP contribution is 2.06. The Hall–Kier alpha value is -1.62. The highest BCUT2D eigenvalue weighted by Gasteiger charge is 2.09. The van der Waals surface area contributed by atoms with Crippen LogP contribution in [-0.2, 0) is 4.79 Å². The fourth-order valence-corrected chi connectivity index (χ4v) is 0.971. The van der Waals surface area contributed by atoms with Gasteiger partial charge in [0.1, 0.15) is 6.10 Å². The van der Waals surface area contributed by atoms with E-state index in [1.54, 1.807) is 12.3 Å². The standard InChI is InChI=1S/C9H13N3O2/c1-6-4-7(2-3-11-6)12-5-8(13)9(10)14/h2-4,8,13H,5H2,1H3,(H2,10,14)(H,11,12). The molecule has 0 saturated heterocycles. The maximum Gasteiger partial charge on any atom is 0.248 e. The number of aliphatic hydroxyl groups excluding tert-OH is 1. The van der Waals surface area contributed by atoms with Gasteiger partial charge in [-0.15, -0.1) is 0 Å². The summed E-state index contributed by atoms with van der Waals surface area (Å²) in [4.78, 5) is 14.5. The Balaban J connectivity index is 2.49. The zero-order chi connectivity index (χ0) is 10.6. The number of primary amides is 1. The summed E-state index contributed by atoms with van der Waals surface area (Å²) < 4.78 is 0. The van der Waals surface area contributed by atoms with Gasteiger partial charge < -0.3 is 16.2 Å². The number of nitrogens with two attached hydrogens (primary N) is 1. The van der Waals surface area contributed by atoms with Crippen molar-refractivity contribution in [3.63, 3.8) is 0 Å². The van der Waals surface area contributed by atoms with Crippen molar-refractivity contribution >= 4 is 11.6 Å². The summed E-state index contributed by atoms with van der Waals surface area (Å²) >= 11 is 0. The molecule has 1 amide bonds. The summed E-state index contributed by atoms with van der Waals surface area (Å²) in [5, 5.41) is 12.0. The molecule has 1 aromatic heterocycles. The molecule has 0 aliphatic heterocycles. The van der Waals surface area contributed by atoms with E-state index in [1.807, 2.05) is 13.0 Å². The molecule has 0 fully saturated rings. The molecule has 0 radical (unpaired) electrons. The average Bonchev–Trinajstić information content (AvgIpc) is 2.14. The first-order valence-electron chi connectivity index (χ1n) is 4.23. The second-order valence-electron chi connectivity index (χ2n) is 2.98. The van der Waals surface area contributed by atoms with Crippen molar-refractivity contribution in [2.24, 2.45) is 5.73 Å². The van der Waals surface area contributed by atoms with Gasteiger partial charge in [-0.25, -0.2) is 0 Å². The zero-order valence-electron chi connectivity index (χ0n) is 7.90. The van der Waals surface area contributed by atoms with Crippen molar-refractivity contribution in [1.29, 1.82) is 0 Å². The molecule has 5 nitrogen and oxygen atoms in total. The van der Waals surface area contributed by atoms with Gasteiger partial charge in [0.25, 0.3) is 0 Å². The van der Waals surface area contributed by atoms with Gasteiger partial charge in [-0.05, 0) is 19.1 Å². The third-order valence-electron chi connectivity index (χ3n) is 1.72. The van der Waals surface area contributed by atoms with Gasteiger partial charge in [0.15, 0.2) is 0 Å². The highest BCUT2D eigenvalue weighted by atomic mass is 16.3. The maximum absolute atomic E-state index is 10.5. The molecule has 0 aromatic carbocycles. The fourth-order valence-electron chi connectivity index (χ4n) is 0.971. The molecule has 0 spiro atoms. The van der Waals surface area contributed by atoms with Crippen LogP contribution in [0.5, 0.6) is 0 Å². The Morgan fingerprint density at radius 1 is 1.79 bits per heavy atom. The molecule has 0 aliphatic carbocycles. The van der Waals surface area contributed by atoms with Crippen LogP contribution in [0.4, 0.5) is 5.69 Å². The van der Waals surface area contributed by atoms with Crippen molar-refractivity contribution < 1.29 is 9.90 Å². The Morgan fingerprint density at radius 2 is 2.50 bits per heavy atom. The minimum absolute atomic E-state index is 0.110. The number of pyridine rings is 1. The van der Waals surface area contributed by atoms with E-state index < -0.39 is 12.0 Å². The highest BCUT2D eigenvalue weighted by molar-refractivity contribution is 5.79. The third kappa shape index (κ3) is 3.02. The van der Waals surface area contributed by atoms with Crippen molar-refractivity contribution in [2.45, 2.75) is 13.0 Å². The third-order valence-corrected chi connectivity index (χ3v) is 1.72. The molecular weight excluding hydrogens is 182 g/mol. The number of aliphatic hydroxyl groups is 1.